The first-order valence-corrected chi connectivity index (χ1v) is 8.12. The zero-order valence-electron chi connectivity index (χ0n) is 13.0. The van der Waals surface area contributed by atoms with Crippen molar-refractivity contribution in [2.24, 2.45) is 11.8 Å². The molecule has 3 rings (SSSR count). The third kappa shape index (κ3) is 2.94. The molecule has 6 nitrogen and oxygen atoms in total. The molecule has 3 N–H and O–H groups in total. The van der Waals surface area contributed by atoms with Crippen LogP contribution in [0.5, 0.6) is 5.75 Å². The van der Waals surface area contributed by atoms with E-state index < -0.39 is 0 Å². The fraction of sp³-hybridized carbons (Fsp3) is 0.625. The van der Waals surface area contributed by atoms with Gasteiger partial charge < -0.3 is 10.0 Å². The van der Waals surface area contributed by atoms with Crippen molar-refractivity contribution in [2.75, 3.05) is 19.6 Å². The first kappa shape index (κ1) is 15.2. The van der Waals surface area contributed by atoms with E-state index in [-0.39, 0.29) is 17.4 Å². The highest BCUT2D eigenvalue weighted by Crippen LogP contribution is 2.28. The van der Waals surface area contributed by atoms with Gasteiger partial charge in [0, 0.05) is 31.9 Å². The van der Waals surface area contributed by atoms with Crippen LogP contribution in [0.2, 0.25) is 0 Å². The van der Waals surface area contributed by atoms with E-state index in [1.807, 2.05) is 4.90 Å². The number of aromatic nitrogens is 1. The maximum Gasteiger partial charge on any atom is 0.276 e. The van der Waals surface area contributed by atoms with Crippen molar-refractivity contribution in [1.29, 1.82) is 0 Å². The van der Waals surface area contributed by atoms with Crippen LogP contribution >= 0.6 is 0 Å². The predicted molar refractivity (Wildman–Crippen MR) is 83.2 cm³/mol. The van der Waals surface area contributed by atoms with E-state index >= 15 is 0 Å². The van der Waals surface area contributed by atoms with Crippen LogP contribution in [-0.2, 0) is 0 Å². The Morgan fingerprint density at radius 1 is 1.55 bits per heavy atom. The highest BCUT2D eigenvalue weighted by Gasteiger charge is 2.36. The molecule has 0 aromatic carbocycles. The highest BCUT2D eigenvalue weighted by molar-refractivity contribution is 5.94. The minimum Gasteiger partial charge on any atom is -0.505 e. The number of hydrogen-bond donors (Lipinski definition) is 3. The number of aromatic hydroxyl groups is 1. The van der Waals surface area contributed by atoms with Crippen molar-refractivity contribution in [3.05, 3.63) is 24.0 Å². The van der Waals surface area contributed by atoms with Crippen LogP contribution in [-0.4, -0.2) is 46.6 Å². The second-order valence-corrected chi connectivity index (χ2v) is 6.24. The lowest BCUT2D eigenvalue weighted by Crippen LogP contribution is -2.48. The summed E-state index contributed by atoms with van der Waals surface area (Å²) >= 11 is 0. The monoisotopic (exact) mass is 304 g/mol. The molecule has 6 heteroatoms. The predicted octanol–water partition coefficient (Wildman–Crippen LogP) is 1.14. The Morgan fingerprint density at radius 2 is 2.41 bits per heavy atom. The Labute approximate surface area is 130 Å². The number of likely N-dealkylation sites (tertiary alicyclic amines) is 1. The summed E-state index contributed by atoms with van der Waals surface area (Å²) in [5.74, 6) is 0.857. The molecule has 1 aromatic rings. The third-order valence-electron chi connectivity index (χ3n) is 4.91. The normalized spacial score (nSPS) is 28.8. The fourth-order valence-electron chi connectivity index (χ4n) is 3.65. The van der Waals surface area contributed by atoms with Crippen LogP contribution in [0.25, 0.3) is 0 Å². The van der Waals surface area contributed by atoms with Gasteiger partial charge in [0.1, 0.15) is 5.75 Å². The van der Waals surface area contributed by atoms with Gasteiger partial charge in [-0.05, 0) is 36.8 Å². The molecule has 0 spiro atoms. The summed E-state index contributed by atoms with van der Waals surface area (Å²) in [5.41, 5.74) is 6.79. The van der Waals surface area contributed by atoms with Crippen molar-refractivity contribution in [2.45, 2.75) is 32.2 Å². The Kier molecular flexibility index (Phi) is 4.59. The standard InChI is InChI=1S/C16H24N4O2/c1-2-11-9-18-19-14(11)12-5-4-8-20(10-12)16(22)15-13(21)6-3-7-17-15/h3,6-7,11-12,14,18-19,21H,2,4-5,8-10H2,1H3. The van der Waals surface area contributed by atoms with E-state index in [1.165, 1.54) is 6.07 Å². The number of carbonyl (C=O) groups excluding carboxylic acids is 1. The Morgan fingerprint density at radius 3 is 3.18 bits per heavy atom. The molecule has 0 bridgehead atoms. The number of rotatable bonds is 3. The summed E-state index contributed by atoms with van der Waals surface area (Å²) in [6.45, 7) is 4.67. The van der Waals surface area contributed by atoms with Gasteiger partial charge in [0.05, 0.1) is 0 Å². The van der Waals surface area contributed by atoms with E-state index in [1.54, 1.807) is 12.3 Å². The molecule has 1 amide bonds. The van der Waals surface area contributed by atoms with Crippen LogP contribution in [0.3, 0.4) is 0 Å². The van der Waals surface area contributed by atoms with Crippen LogP contribution < -0.4 is 10.9 Å². The van der Waals surface area contributed by atoms with E-state index in [4.69, 9.17) is 0 Å². The van der Waals surface area contributed by atoms with Gasteiger partial charge in [-0.15, -0.1) is 0 Å². The Hall–Kier alpha value is -1.66. The van der Waals surface area contributed by atoms with Gasteiger partial charge in [0.25, 0.3) is 5.91 Å². The van der Waals surface area contributed by atoms with Crippen molar-refractivity contribution in [3.8, 4) is 5.75 Å². The van der Waals surface area contributed by atoms with Crippen molar-refractivity contribution in [1.82, 2.24) is 20.7 Å². The molecule has 2 aliphatic heterocycles. The SMILES string of the molecule is CCC1CNNC1C1CCCN(C(=O)c2ncccc2O)C1. The van der Waals surface area contributed by atoms with Crippen molar-refractivity contribution >= 4 is 5.91 Å². The van der Waals surface area contributed by atoms with Gasteiger partial charge in [-0.25, -0.2) is 4.98 Å². The topological polar surface area (TPSA) is 77.5 Å². The number of piperidine rings is 1. The van der Waals surface area contributed by atoms with Gasteiger partial charge in [0.15, 0.2) is 5.69 Å². The van der Waals surface area contributed by atoms with E-state index in [2.05, 4.69) is 22.8 Å². The van der Waals surface area contributed by atoms with E-state index in [9.17, 15) is 9.90 Å². The van der Waals surface area contributed by atoms with Gasteiger partial charge in [-0.3, -0.25) is 15.6 Å². The van der Waals surface area contributed by atoms with E-state index in [0.29, 0.717) is 17.9 Å². The minimum absolute atomic E-state index is 0.0401. The number of nitrogens with zero attached hydrogens (tertiary/aromatic N) is 2. The van der Waals surface area contributed by atoms with Crippen LogP contribution in [0, 0.1) is 11.8 Å². The number of nitrogens with one attached hydrogen (secondary N) is 2. The smallest absolute Gasteiger partial charge is 0.276 e. The van der Waals surface area contributed by atoms with E-state index in [0.717, 1.165) is 38.9 Å². The Bertz CT molecular complexity index is 537. The maximum atomic E-state index is 12.6. The average Bonchev–Trinajstić information content (AvgIpc) is 3.03. The number of hydrazine groups is 1. The molecule has 2 aliphatic rings. The highest BCUT2D eigenvalue weighted by atomic mass is 16.3. The van der Waals surface area contributed by atoms with Crippen molar-refractivity contribution < 1.29 is 9.90 Å². The summed E-state index contributed by atoms with van der Waals surface area (Å²) in [4.78, 5) is 18.5. The average molecular weight is 304 g/mol. The summed E-state index contributed by atoms with van der Waals surface area (Å²) in [7, 11) is 0. The minimum atomic E-state index is -0.165. The first-order chi connectivity index (χ1) is 10.7. The lowest BCUT2D eigenvalue weighted by molar-refractivity contribution is 0.0625. The summed E-state index contributed by atoms with van der Waals surface area (Å²) in [6, 6.07) is 3.56. The molecule has 0 radical (unpaired) electrons. The Balaban J connectivity index is 1.70. The molecule has 2 saturated heterocycles. The molecular formula is C16H24N4O2. The first-order valence-electron chi connectivity index (χ1n) is 8.12. The molecular weight excluding hydrogens is 280 g/mol. The van der Waals surface area contributed by atoms with Gasteiger partial charge in [-0.1, -0.05) is 13.3 Å². The second-order valence-electron chi connectivity index (χ2n) is 6.24. The number of carbonyl (C=O) groups is 1. The number of hydrogen-bond acceptors (Lipinski definition) is 5. The molecule has 120 valence electrons. The second kappa shape index (κ2) is 6.62. The molecule has 3 heterocycles. The summed E-state index contributed by atoms with van der Waals surface area (Å²) in [5, 5.41) is 9.84. The lowest BCUT2D eigenvalue weighted by atomic mass is 9.83. The molecule has 3 unspecified atom stereocenters. The molecule has 2 fully saturated rings. The zero-order valence-corrected chi connectivity index (χ0v) is 13.0. The lowest BCUT2D eigenvalue weighted by Gasteiger charge is -2.37. The van der Waals surface area contributed by atoms with Gasteiger partial charge in [-0.2, -0.15) is 0 Å². The summed E-state index contributed by atoms with van der Waals surface area (Å²) in [6.07, 6.45) is 4.81. The fourth-order valence-corrected chi connectivity index (χ4v) is 3.65. The maximum absolute atomic E-state index is 12.6. The molecule has 0 aliphatic carbocycles. The van der Waals surface area contributed by atoms with Crippen molar-refractivity contribution in [3.63, 3.8) is 0 Å². The molecule has 0 saturated carbocycles. The molecule has 1 aromatic heterocycles. The van der Waals surface area contributed by atoms with Crippen LogP contribution in [0.4, 0.5) is 0 Å². The molecule has 22 heavy (non-hydrogen) atoms. The van der Waals surface area contributed by atoms with Crippen LogP contribution in [0.15, 0.2) is 18.3 Å². The molecule has 3 atom stereocenters. The summed E-state index contributed by atoms with van der Waals surface area (Å²) < 4.78 is 0. The van der Waals surface area contributed by atoms with Gasteiger partial charge >= 0.3 is 0 Å². The van der Waals surface area contributed by atoms with Gasteiger partial charge in [0.2, 0.25) is 0 Å². The largest absolute Gasteiger partial charge is 0.505 e. The third-order valence-corrected chi connectivity index (χ3v) is 4.91. The number of pyridine rings is 1. The van der Waals surface area contributed by atoms with Crippen LogP contribution in [0.1, 0.15) is 36.7 Å². The number of amides is 1. The quantitative estimate of drug-likeness (QED) is 0.780. The zero-order chi connectivity index (χ0) is 15.5.